The first-order chi connectivity index (χ1) is 12.7. The highest BCUT2D eigenvalue weighted by Crippen LogP contribution is 2.16. The van der Waals surface area contributed by atoms with Crippen LogP contribution in [0.1, 0.15) is 34.7 Å². The van der Waals surface area contributed by atoms with Crippen LogP contribution in [0.2, 0.25) is 0 Å². The average molecular weight is 395 g/mol. The van der Waals surface area contributed by atoms with Crippen molar-refractivity contribution in [2.24, 2.45) is 0 Å². The lowest BCUT2D eigenvalue weighted by atomic mass is 10.2. The smallest absolute Gasteiger partial charge is 0.339 e. The van der Waals surface area contributed by atoms with Crippen molar-refractivity contribution in [1.82, 2.24) is 5.32 Å². The lowest BCUT2D eigenvalue weighted by Gasteiger charge is -2.07. The molecule has 2 N–H and O–H groups in total. The molecule has 0 bridgehead atoms. The number of sulfone groups is 1. The fraction of sp³-hybridized carbons (Fsp3) is 0.333. The van der Waals surface area contributed by atoms with E-state index in [1.807, 2.05) is 0 Å². The zero-order valence-corrected chi connectivity index (χ0v) is 15.8. The minimum absolute atomic E-state index is 0.0783. The van der Waals surface area contributed by atoms with Gasteiger partial charge in [-0.05, 0) is 43.7 Å². The number of aromatic carboxylic acids is 1. The van der Waals surface area contributed by atoms with E-state index in [4.69, 9.17) is 14.3 Å². The number of amides is 1. The summed E-state index contributed by atoms with van der Waals surface area (Å²) in [4.78, 5) is 23.0. The second-order valence-electron chi connectivity index (χ2n) is 5.96. The molecule has 8 nitrogen and oxygen atoms in total. The van der Waals surface area contributed by atoms with Gasteiger partial charge in [0.05, 0.1) is 18.0 Å². The zero-order chi connectivity index (χ0) is 20.0. The van der Waals surface area contributed by atoms with Crippen LogP contribution >= 0.6 is 0 Å². The van der Waals surface area contributed by atoms with Crippen LogP contribution in [-0.4, -0.2) is 38.3 Å². The quantitative estimate of drug-likeness (QED) is 0.624. The van der Waals surface area contributed by atoms with Crippen molar-refractivity contribution in [3.63, 3.8) is 0 Å². The molecule has 0 saturated heterocycles. The summed E-state index contributed by atoms with van der Waals surface area (Å²) in [6.45, 7) is 1.96. The number of benzene rings is 1. The second kappa shape index (κ2) is 8.72. The van der Waals surface area contributed by atoms with E-state index in [9.17, 15) is 18.0 Å². The van der Waals surface area contributed by atoms with Gasteiger partial charge in [-0.25, -0.2) is 13.2 Å². The minimum Gasteiger partial charge on any atom is -0.494 e. The minimum atomic E-state index is -3.24. The number of furan rings is 1. The Hall–Kier alpha value is -2.81. The van der Waals surface area contributed by atoms with E-state index in [0.717, 1.165) is 6.26 Å². The Bertz CT molecular complexity index is 914. The summed E-state index contributed by atoms with van der Waals surface area (Å²) >= 11 is 0. The third-order valence-electron chi connectivity index (χ3n) is 3.73. The number of carboxylic acids is 1. The second-order valence-corrected chi connectivity index (χ2v) is 7.98. The molecule has 27 heavy (non-hydrogen) atoms. The van der Waals surface area contributed by atoms with Crippen molar-refractivity contribution in [3.05, 3.63) is 47.4 Å². The zero-order valence-electron chi connectivity index (χ0n) is 15.0. The number of carboxylic acid groups (broad SMARTS) is 1. The molecule has 0 fully saturated rings. The summed E-state index contributed by atoms with van der Waals surface area (Å²) in [6, 6.07) is 7.45. The monoisotopic (exact) mass is 395 g/mol. The Kier molecular flexibility index (Phi) is 6.62. The Morgan fingerprint density at radius 1 is 1.22 bits per heavy atom. The van der Waals surface area contributed by atoms with Gasteiger partial charge in [0.1, 0.15) is 22.8 Å². The average Bonchev–Trinajstić information content (AvgIpc) is 2.97. The first kappa shape index (κ1) is 20.5. The molecule has 0 saturated carbocycles. The molecule has 9 heteroatoms. The fourth-order valence-corrected chi connectivity index (χ4v) is 2.95. The van der Waals surface area contributed by atoms with Crippen molar-refractivity contribution in [2.75, 3.05) is 12.9 Å². The number of hydrogen-bond donors (Lipinski definition) is 2. The number of aryl methyl sites for hydroxylation is 1. The van der Waals surface area contributed by atoms with Gasteiger partial charge < -0.3 is 19.6 Å². The lowest BCUT2D eigenvalue weighted by molar-refractivity contribution is -0.121. The molecule has 1 aromatic carbocycles. The maximum absolute atomic E-state index is 11.8. The van der Waals surface area contributed by atoms with Gasteiger partial charge in [-0.1, -0.05) is 0 Å². The van der Waals surface area contributed by atoms with Crippen molar-refractivity contribution in [2.45, 2.75) is 31.2 Å². The van der Waals surface area contributed by atoms with Crippen LogP contribution in [0.5, 0.6) is 5.75 Å². The molecule has 0 atom stereocenters. The Morgan fingerprint density at radius 2 is 1.89 bits per heavy atom. The summed E-state index contributed by atoms with van der Waals surface area (Å²) in [5.41, 5.74) is 0.0783. The van der Waals surface area contributed by atoms with Gasteiger partial charge in [0.15, 0.2) is 9.84 Å². The molecule has 146 valence electrons. The number of carbonyl (C=O) groups is 2. The summed E-state index contributed by atoms with van der Waals surface area (Å²) in [7, 11) is -3.24. The summed E-state index contributed by atoms with van der Waals surface area (Å²) < 4.78 is 33.5. The normalized spacial score (nSPS) is 11.2. The van der Waals surface area contributed by atoms with Crippen molar-refractivity contribution < 1.29 is 32.3 Å². The highest BCUT2D eigenvalue weighted by Gasteiger charge is 2.14. The Balaban J connectivity index is 1.70. The Morgan fingerprint density at radius 3 is 2.44 bits per heavy atom. The van der Waals surface area contributed by atoms with Crippen LogP contribution in [0.25, 0.3) is 0 Å². The molecule has 0 aliphatic carbocycles. The topological polar surface area (TPSA) is 123 Å². The highest BCUT2D eigenvalue weighted by molar-refractivity contribution is 7.90. The van der Waals surface area contributed by atoms with Crippen LogP contribution < -0.4 is 10.1 Å². The van der Waals surface area contributed by atoms with E-state index in [1.54, 1.807) is 19.1 Å². The maximum atomic E-state index is 11.8. The van der Waals surface area contributed by atoms with Gasteiger partial charge >= 0.3 is 5.97 Å². The van der Waals surface area contributed by atoms with Gasteiger partial charge in [0.25, 0.3) is 0 Å². The molecule has 2 rings (SSSR count). The largest absolute Gasteiger partial charge is 0.494 e. The lowest BCUT2D eigenvalue weighted by Crippen LogP contribution is -2.22. The van der Waals surface area contributed by atoms with E-state index in [0.29, 0.717) is 30.3 Å². The molecule has 2 aromatic rings. The Labute approximate surface area is 157 Å². The van der Waals surface area contributed by atoms with Gasteiger partial charge in [-0.15, -0.1) is 0 Å². The molecule has 1 amide bonds. The highest BCUT2D eigenvalue weighted by atomic mass is 32.2. The molecule has 1 heterocycles. The number of carbonyl (C=O) groups excluding carboxylic acids is 1. The number of ether oxygens (including phenoxy) is 1. The van der Waals surface area contributed by atoms with Crippen molar-refractivity contribution >= 4 is 21.7 Å². The number of nitrogens with one attached hydrogen (secondary N) is 1. The van der Waals surface area contributed by atoms with E-state index in [2.05, 4.69) is 5.32 Å². The third-order valence-corrected chi connectivity index (χ3v) is 4.86. The molecule has 0 unspecified atom stereocenters. The van der Waals surface area contributed by atoms with E-state index < -0.39 is 15.8 Å². The van der Waals surface area contributed by atoms with Gasteiger partial charge in [0, 0.05) is 12.7 Å². The number of hydrogen-bond acceptors (Lipinski definition) is 6. The molecule has 0 radical (unpaired) electrons. The standard InChI is InChI=1S/C18H21NO7S/c1-12-16(18(21)22)10-14(26-12)11-19-17(20)4-3-9-25-13-5-7-15(8-6-13)27(2,23)24/h5-8,10H,3-4,9,11H2,1-2H3,(H,19,20)(H,21,22). The van der Waals surface area contributed by atoms with E-state index in [-0.39, 0.29) is 29.3 Å². The van der Waals surface area contributed by atoms with Crippen LogP contribution in [0.3, 0.4) is 0 Å². The molecule has 0 aliphatic rings. The molecule has 0 aliphatic heterocycles. The van der Waals surface area contributed by atoms with Crippen LogP contribution in [0.15, 0.2) is 39.6 Å². The van der Waals surface area contributed by atoms with Crippen LogP contribution in [0.4, 0.5) is 0 Å². The van der Waals surface area contributed by atoms with Gasteiger partial charge in [-0.3, -0.25) is 4.79 Å². The summed E-state index contributed by atoms with van der Waals surface area (Å²) in [5, 5.41) is 11.6. The van der Waals surface area contributed by atoms with Crippen LogP contribution in [0, 0.1) is 6.92 Å². The summed E-state index contributed by atoms with van der Waals surface area (Å²) in [5.74, 6) is -0.0925. The van der Waals surface area contributed by atoms with Gasteiger partial charge in [-0.2, -0.15) is 0 Å². The van der Waals surface area contributed by atoms with E-state index >= 15 is 0 Å². The first-order valence-electron chi connectivity index (χ1n) is 8.19. The van der Waals surface area contributed by atoms with Gasteiger partial charge in [0.2, 0.25) is 5.91 Å². The first-order valence-corrected chi connectivity index (χ1v) is 10.1. The number of rotatable bonds is 9. The molecule has 1 aromatic heterocycles. The molecular weight excluding hydrogens is 374 g/mol. The molecule has 0 spiro atoms. The predicted octanol–water partition coefficient (Wildman–Crippen LogP) is 2.17. The molecular formula is C18H21NO7S. The third kappa shape index (κ3) is 6.14. The SMILES string of the molecule is Cc1oc(CNC(=O)CCCOc2ccc(S(C)(=O)=O)cc2)cc1C(=O)O. The van der Waals surface area contributed by atoms with E-state index in [1.165, 1.54) is 18.2 Å². The van der Waals surface area contributed by atoms with Crippen molar-refractivity contribution in [1.29, 1.82) is 0 Å². The predicted molar refractivity (Wildman–Crippen MR) is 96.5 cm³/mol. The maximum Gasteiger partial charge on any atom is 0.339 e. The van der Waals surface area contributed by atoms with Crippen LogP contribution in [-0.2, 0) is 21.2 Å². The summed E-state index contributed by atoms with van der Waals surface area (Å²) in [6.07, 6.45) is 1.83. The van der Waals surface area contributed by atoms with Crippen molar-refractivity contribution in [3.8, 4) is 5.75 Å². The fourth-order valence-electron chi connectivity index (χ4n) is 2.32.